The molecule has 0 bridgehead atoms. The Morgan fingerprint density at radius 1 is 1.47 bits per heavy atom. The Morgan fingerprint density at radius 2 is 2.24 bits per heavy atom. The normalized spacial score (nSPS) is 13.2. The van der Waals surface area contributed by atoms with E-state index in [2.05, 4.69) is 34.9 Å². The van der Waals surface area contributed by atoms with Crippen LogP contribution in [0.15, 0.2) is 28.3 Å². The maximum atomic E-state index is 10.1. The molecule has 0 aromatic carbocycles. The minimum absolute atomic E-state index is 0.326. The van der Waals surface area contributed by atoms with Crippen LogP contribution in [0.4, 0.5) is 0 Å². The third-order valence-corrected chi connectivity index (χ3v) is 4.20. The van der Waals surface area contributed by atoms with E-state index in [1.165, 1.54) is 4.88 Å². The molecule has 1 N–H and O–H groups in total. The lowest BCUT2D eigenvalue weighted by atomic mass is 10.1. The van der Waals surface area contributed by atoms with Crippen LogP contribution < -0.4 is 0 Å². The van der Waals surface area contributed by atoms with E-state index in [1.807, 2.05) is 23.0 Å². The third-order valence-electron chi connectivity index (χ3n) is 2.56. The summed E-state index contributed by atoms with van der Waals surface area (Å²) in [6.45, 7) is 4.14. The predicted octanol–water partition coefficient (Wildman–Crippen LogP) is 3.56. The highest BCUT2D eigenvalue weighted by atomic mass is 79.9. The second-order valence-corrected chi connectivity index (χ2v) is 6.82. The van der Waals surface area contributed by atoms with Gasteiger partial charge in [-0.2, -0.15) is 5.10 Å². The summed E-state index contributed by atoms with van der Waals surface area (Å²) in [6.07, 6.45) is 3.82. The molecular weight excluding hydrogens is 300 g/mol. The summed E-state index contributed by atoms with van der Waals surface area (Å²) in [5.74, 6) is 0. The molecule has 0 aliphatic rings. The van der Waals surface area contributed by atoms with Crippen molar-refractivity contribution < 1.29 is 5.11 Å². The highest BCUT2D eigenvalue weighted by Gasteiger charge is 2.13. The molecule has 1 atom stereocenters. The number of aliphatic hydroxyl groups is 1. The van der Waals surface area contributed by atoms with Crippen molar-refractivity contribution in [1.29, 1.82) is 0 Å². The van der Waals surface area contributed by atoms with Crippen molar-refractivity contribution in [2.24, 2.45) is 0 Å². The van der Waals surface area contributed by atoms with Crippen LogP contribution in [0.25, 0.3) is 0 Å². The maximum Gasteiger partial charge on any atom is 0.0868 e. The summed E-state index contributed by atoms with van der Waals surface area (Å²) in [6, 6.07) is 4.36. The largest absolute Gasteiger partial charge is 0.388 e. The monoisotopic (exact) mass is 314 g/mol. The van der Waals surface area contributed by atoms with E-state index >= 15 is 0 Å². The average molecular weight is 315 g/mol. The van der Waals surface area contributed by atoms with E-state index in [1.54, 1.807) is 17.5 Å². The minimum atomic E-state index is -0.479. The molecule has 0 radical (unpaired) electrons. The Kier molecular flexibility index (Phi) is 4.01. The molecule has 0 fully saturated rings. The molecule has 3 nitrogen and oxygen atoms in total. The highest BCUT2D eigenvalue weighted by molar-refractivity contribution is 9.11. The zero-order chi connectivity index (χ0) is 12.4. The number of nitrogens with zero attached hydrogens (tertiary/aromatic N) is 2. The lowest BCUT2D eigenvalue weighted by molar-refractivity contribution is 0.179. The van der Waals surface area contributed by atoms with Crippen LogP contribution in [0.3, 0.4) is 0 Å². The minimum Gasteiger partial charge on any atom is -0.388 e. The van der Waals surface area contributed by atoms with Gasteiger partial charge in [0.15, 0.2) is 0 Å². The van der Waals surface area contributed by atoms with Gasteiger partial charge in [-0.1, -0.05) is 0 Å². The van der Waals surface area contributed by atoms with Crippen molar-refractivity contribution in [3.8, 4) is 0 Å². The Labute approximate surface area is 113 Å². The molecule has 2 rings (SSSR count). The fraction of sp³-hybridized carbons (Fsp3) is 0.417. The van der Waals surface area contributed by atoms with Gasteiger partial charge in [-0.3, -0.25) is 4.68 Å². The van der Waals surface area contributed by atoms with Crippen molar-refractivity contribution in [2.75, 3.05) is 0 Å². The number of hydrogen-bond donors (Lipinski definition) is 1. The van der Waals surface area contributed by atoms with Gasteiger partial charge < -0.3 is 5.11 Å². The first-order valence-electron chi connectivity index (χ1n) is 5.52. The second kappa shape index (κ2) is 5.33. The van der Waals surface area contributed by atoms with E-state index in [0.29, 0.717) is 12.5 Å². The van der Waals surface area contributed by atoms with Crippen LogP contribution in [0, 0.1) is 0 Å². The fourth-order valence-corrected chi connectivity index (χ4v) is 3.10. The van der Waals surface area contributed by atoms with E-state index in [0.717, 1.165) is 9.35 Å². The number of halogens is 1. The lowest BCUT2D eigenvalue weighted by Gasteiger charge is -2.07. The van der Waals surface area contributed by atoms with Crippen LogP contribution in [0.2, 0.25) is 0 Å². The molecular formula is C12H15BrN2OS. The second-order valence-electron chi connectivity index (χ2n) is 4.27. The zero-order valence-corrected chi connectivity index (χ0v) is 12.2. The van der Waals surface area contributed by atoms with Gasteiger partial charge in [-0.05, 0) is 41.9 Å². The number of aliphatic hydroxyl groups excluding tert-OH is 1. The summed E-state index contributed by atoms with van der Waals surface area (Å²) in [5.41, 5.74) is 0.878. The predicted molar refractivity (Wildman–Crippen MR) is 73.3 cm³/mol. The molecule has 0 amide bonds. The van der Waals surface area contributed by atoms with Crippen molar-refractivity contribution in [1.82, 2.24) is 9.78 Å². The van der Waals surface area contributed by atoms with Crippen LogP contribution in [0.1, 0.15) is 36.4 Å². The number of rotatable bonds is 4. The summed E-state index contributed by atoms with van der Waals surface area (Å²) in [4.78, 5) is 1.17. The molecule has 0 spiro atoms. The Morgan fingerprint density at radius 3 is 2.76 bits per heavy atom. The average Bonchev–Trinajstić information content (AvgIpc) is 2.86. The van der Waals surface area contributed by atoms with Gasteiger partial charge in [0, 0.05) is 29.1 Å². The molecule has 0 aliphatic heterocycles. The van der Waals surface area contributed by atoms with Gasteiger partial charge in [0.25, 0.3) is 0 Å². The molecule has 2 heterocycles. The third kappa shape index (κ3) is 3.18. The van der Waals surface area contributed by atoms with Gasteiger partial charge in [-0.25, -0.2) is 0 Å². The van der Waals surface area contributed by atoms with Crippen LogP contribution >= 0.6 is 27.3 Å². The molecule has 92 valence electrons. The fourth-order valence-electron chi connectivity index (χ4n) is 1.58. The summed E-state index contributed by atoms with van der Waals surface area (Å²) >= 11 is 5.08. The van der Waals surface area contributed by atoms with Crippen molar-refractivity contribution in [3.63, 3.8) is 0 Å². The maximum absolute atomic E-state index is 10.1. The highest BCUT2D eigenvalue weighted by Crippen LogP contribution is 2.26. The van der Waals surface area contributed by atoms with Crippen LogP contribution in [0.5, 0.6) is 0 Å². The standard InChI is InChI=1S/C12H15BrN2OS/c1-8(2)15-7-9(6-14-15)11(16)5-10-3-4-12(13)17-10/h3-4,6-8,11,16H,5H2,1-2H3. The summed E-state index contributed by atoms with van der Waals surface area (Å²) < 4.78 is 2.96. The Balaban J connectivity index is 2.06. The number of aromatic nitrogens is 2. The van der Waals surface area contributed by atoms with E-state index in [4.69, 9.17) is 0 Å². The van der Waals surface area contributed by atoms with Crippen molar-refractivity contribution in [2.45, 2.75) is 32.4 Å². The van der Waals surface area contributed by atoms with Crippen molar-refractivity contribution >= 4 is 27.3 Å². The summed E-state index contributed by atoms with van der Waals surface area (Å²) in [5, 5.41) is 14.4. The van der Waals surface area contributed by atoms with Gasteiger partial charge in [-0.15, -0.1) is 11.3 Å². The SMILES string of the molecule is CC(C)n1cc(C(O)Cc2ccc(Br)s2)cn1. The van der Waals surface area contributed by atoms with Gasteiger partial charge >= 0.3 is 0 Å². The lowest BCUT2D eigenvalue weighted by Crippen LogP contribution is -2.01. The van der Waals surface area contributed by atoms with Gasteiger partial charge in [0.2, 0.25) is 0 Å². The van der Waals surface area contributed by atoms with Gasteiger partial charge in [0.05, 0.1) is 16.1 Å². The number of thiophene rings is 1. The molecule has 5 heteroatoms. The first-order chi connectivity index (χ1) is 8.06. The molecule has 0 aliphatic carbocycles. The van der Waals surface area contributed by atoms with Gasteiger partial charge in [0.1, 0.15) is 0 Å². The quantitative estimate of drug-likeness (QED) is 0.937. The Hall–Kier alpha value is -0.650. The molecule has 2 aromatic heterocycles. The topological polar surface area (TPSA) is 38.0 Å². The molecule has 2 aromatic rings. The summed E-state index contributed by atoms with van der Waals surface area (Å²) in [7, 11) is 0. The van der Waals surface area contributed by atoms with E-state index < -0.39 is 6.10 Å². The van der Waals surface area contributed by atoms with E-state index in [9.17, 15) is 5.11 Å². The van der Waals surface area contributed by atoms with Crippen molar-refractivity contribution in [3.05, 3.63) is 38.8 Å². The first kappa shape index (κ1) is 12.8. The molecule has 1 unspecified atom stereocenters. The van der Waals surface area contributed by atoms with Crippen LogP contribution in [-0.4, -0.2) is 14.9 Å². The van der Waals surface area contributed by atoms with E-state index in [-0.39, 0.29) is 0 Å². The van der Waals surface area contributed by atoms with Crippen LogP contribution in [-0.2, 0) is 6.42 Å². The Bertz CT molecular complexity index is 492. The smallest absolute Gasteiger partial charge is 0.0868 e. The molecule has 0 saturated carbocycles. The number of hydrogen-bond acceptors (Lipinski definition) is 3. The molecule has 0 saturated heterocycles. The first-order valence-corrected chi connectivity index (χ1v) is 7.13. The zero-order valence-electron chi connectivity index (χ0n) is 9.80. The molecule has 17 heavy (non-hydrogen) atoms.